The van der Waals surface area contributed by atoms with E-state index >= 15 is 0 Å². The van der Waals surface area contributed by atoms with Crippen LogP contribution in [0.25, 0.3) is 0 Å². The first-order valence-electron chi connectivity index (χ1n) is 7.27. The number of hydrogen-bond donors (Lipinski definition) is 3. The molecule has 1 rings (SSSR count). The Morgan fingerprint density at radius 3 is 2.75 bits per heavy atom. The number of nitrogens with two attached hydrogens (primary N) is 1. The first-order chi connectivity index (χ1) is 9.56. The average Bonchev–Trinajstić information content (AvgIpc) is 2.41. The van der Waals surface area contributed by atoms with Crippen LogP contribution in [0.1, 0.15) is 19.8 Å². The number of carbonyl (C=O) groups is 2. The second-order valence-electron chi connectivity index (χ2n) is 5.28. The predicted octanol–water partition coefficient (Wildman–Crippen LogP) is -0.813. The van der Waals surface area contributed by atoms with Crippen molar-refractivity contribution in [3.63, 3.8) is 0 Å². The standard InChI is InChI=1S/C13H27N5O2/c1-3-4-5-15-13(20)16-12(19)10-18-7-6-17(2)9-11(18)8-14/h11H,3-10,14H2,1-2H3,(H2,15,16,19,20). The zero-order valence-electron chi connectivity index (χ0n) is 12.5. The van der Waals surface area contributed by atoms with Crippen molar-refractivity contribution in [1.29, 1.82) is 0 Å². The van der Waals surface area contributed by atoms with Crippen LogP contribution in [-0.4, -0.2) is 74.1 Å². The lowest BCUT2D eigenvalue weighted by Gasteiger charge is -2.38. The summed E-state index contributed by atoms with van der Waals surface area (Å²) in [6.45, 7) is 5.93. The molecule has 4 N–H and O–H groups in total. The van der Waals surface area contributed by atoms with Gasteiger partial charge in [-0.25, -0.2) is 4.79 Å². The molecule has 0 radical (unpaired) electrons. The van der Waals surface area contributed by atoms with Crippen LogP contribution in [0.2, 0.25) is 0 Å². The fourth-order valence-electron chi connectivity index (χ4n) is 2.25. The van der Waals surface area contributed by atoms with Gasteiger partial charge in [0.25, 0.3) is 0 Å². The minimum absolute atomic E-state index is 0.169. The third-order valence-electron chi connectivity index (χ3n) is 3.50. The van der Waals surface area contributed by atoms with Gasteiger partial charge in [-0.2, -0.15) is 0 Å². The van der Waals surface area contributed by atoms with Crippen LogP contribution in [0.15, 0.2) is 0 Å². The Bertz CT molecular complexity index is 324. The number of urea groups is 1. The number of rotatable bonds is 6. The van der Waals surface area contributed by atoms with E-state index in [0.29, 0.717) is 13.1 Å². The Labute approximate surface area is 120 Å². The van der Waals surface area contributed by atoms with Gasteiger partial charge in [-0.05, 0) is 13.5 Å². The monoisotopic (exact) mass is 285 g/mol. The molecule has 1 saturated heterocycles. The molecule has 1 aliphatic rings. The van der Waals surface area contributed by atoms with Gasteiger partial charge in [0, 0.05) is 38.8 Å². The van der Waals surface area contributed by atoms with Gasteiger partial charge in [-0.15, -0.1) is 0 Å². The lowest BCUT2D eigenvalue weighted by Crippen LogP contribution is -2.57. The van der Waals surface area contributed by atoms with Crippen LogP contribution in [0, 0.1) is 0 Å². The number of hydrogen-bond acceptors (Lipinski definition) is 5. The smallest absolute Gasteiger partial charge is 0.321 e. The zero-order chi connectivity index (χ0) is 15.0. The highest BCUT2D eigenvalue weighted by molar-refractivity contribution is 5.95. The van der Waals surface area contributed by atoms with Gasteiger partial charge < -0.3 is 16.0 Å². The van der Waals surface area contributed by atoms with Crippen LogP contribution in [0.3, 0.4) is 0 Å². The van der Waals surface area contributed by atoms with Crippen molar-refractivity contribution >= 4 is 11.9 Å². The van der Waals surface area contributed by atoms with Crippen molar-refractivity contribution in [3.05, 3.63) is 0 Å². The number of imide groups is 1. The number of carbonyl (C=O) groups excluding carboxylic acids is 2. The summed E-state index contributed by atoms with van der Waals surface area (Å²) < 4.78 is 0. The Balaban J connectivity index is 2.31. The topological polar surface area (TPSA) is 90.7 Å². The second kappa shape index (κ2) is 8.89. The highest BCUT2D eigenvalue weighted by atomic mass is 16.2. The Hall–Kier alpha value is -1.18. The molecule has 1 fully saturated rings. The van der Waals surface area contributed by atoms with Gasteiger partial charge in [-0.3, -0.25) is 15.0 Å². The maximum absolute atomic E-state index is 11.8. The molecule has 0 aromatic rings. The van der Waals surface area contributed by atoms with E-state index in [1.54, 1.807) is 0 Å². The first-order valence-corrected chi connectivity index (χ1v) is 7.27. The molecule has 0 bridgehead atoms. The van der Waals surface area contributed by atoms with Gasteiger partial charge >= 0.3 is 6.03 Å². The Morgan fingerprint density at radius 1 is 1.35 bits per heavy atom. The molecule has 0 aromatic carbocycles. The van der Waals surface area contributed by atoms with E-state index in [2.05, 4.69) is 15.5 Å². The summed E-state index contributed by atoms with van der Waals surface area (Å²) in [5.41, 5.74) is 5.73. The third-order valence-corrected chi connectivity index (χ3v) is 3.50. The normalized spacial score (nSPS) is 20.6. The summed E-state index contributed by atoms with van der Waals surface area (Å²) in [5, 5.41) is 5.02. The minimum Gasteiger partial charge on any atom is -0.338 e. The summed E-state index contributed by atoms with van der Waals surface area (Å²) in [7, 11) is 2.04. The average molecular weight is 285 g/mol. The number of likely N-dealkylation sites (N-methyl/N-ethyl adjacent to an activating group) is 1. The largest absolute Gasteiger partial charge is 0.338 e. The Morgan fingerprint density at radius 2 is 2.10 bits per heavy atom. The quantitative estimate of drug-likeness (QED) is 0.555. The van der Waals surface area contributed by atoms with E-state index in [0.717, 1.165) is 32.5 Å². The number of piperazine rings is 1. The van der Waals surface area contributed by atoms with Gasteiger partial charge in [0.05, 0.1) is 6.54 Å². The maximum Gasteiger partial charge on any atom is 0.321 e. The molecular formula is C13H27N5O2. The van der Waals surface area contributed by atoms with E-state index in [-0.39, 0.29) is 18.5 Å². The van der Waals surface area contributed by atoms with Crippen LogP contribution < -0.4 is 16.4 Å². The summed E-state index contributed by atoms with van der Waals surface area (Å²) >= 11 is 0. The molecule has 0 aliphatic carbocycles. The van der Waals surface area contributed by atoms with Gasteiger partial charge in [0.2, 0.25) is 5.91 Å². The number of nitrogens with zero attached hydrogens (tertiary/aromatic N) is 2. The number of amides is 3. The van der Waals surface area contributed by atoms with E-state index in [1.165, 1.54) is 0 Å². The molecule has 1 unspecified atom stereocenters. The molecule has 3 amide bonds. The van der Waals surface area contributed by atoms with Crippen molar-refractivity contribution in [1.82, 2.24) is 20.4 Å². The van der Waals surface area contributed by atoms with Crippen molar-refractivity contribution in [2.24, 2.45) is 5.73 Å². The minimum atomic E-state index is -0.415. The van der Waals surface area contributed by atoms with Gasteiger partial charge in [0.15, 0.2) is 0 Å². The SMILES string of the molecule is CCCCNC(=O)NC(=O)CN1CCN(C)CC1CN. The van der Waals surface area contributed by atoms with Crippen LogP contribution in [0.5, 0.6) is 0 Å². The second-order valence-corrected chi connectivity index (χ2v) is 5.28. The zero-order valence-corrected chi connectivity index (χ0v) is 12.5. The highest BCUT2D eigenvalue weighted by Crippen LogP contribution is 2.06. The van der Waals surface area contributed by atoms with Crippen LogP contribution in [-0.2, 0) is 4.79 Å². The summed E-state index contributed by atoms with van der Waals surface area (Å²) in [4.78, 5) is 27.5. The fraction of sp³-hybridized carbons (Fsp3) is 0.846. The molecule has 1 aliphatic heterocycles. The molecule has 7 heteroatoms. The summed E-state index contributed by atoms with van der Waals surface area (Å²) in [5.74, 6) is -0.276. The van der Waals surface area contributed by atoms with Crippen LogP contribution in [0.4, 0.5) is 4.79 Å². The number of nitrogens with one attached hydrogen (secondary N) is 2. The van der Waals surface area contributed by atoms with Crippen LogP contribution >= 0.6 is 0 Å². The summed E-state index contributed by atoms with van der Waals surface area (Å²) in [6.07, 6.45) is 1.92. The Kier molecular flexibility index (Phi) is 7.50. The predicted molar refractivity (Wildman–Crippen MR) is 78.4 cm³/mol. The molecule has 0 saturated carbocycles. The van der Waals surface area contributed by atoms with Crippen molar-refractivity contribution in [3.8, 4) is 0 Å². The van der Waals surface area contributed by atoms with Crippen molar-refractivity contribution in [2.45, 2.75) is 25.8 Å². The first kappa shape index (κ1) is 16.9. The molecule has 116 valence electrons. The van der Waals surface area contributed by atoms with E-state index in [9.17, 15) is 9.59 Å². The third kappa shape index (κ3) is 5.85. The lowest BCUT2D eigenvalue weighted by atomic mass is 10.1. The van der Waals surface area contributed by atoms with Gasteiger partial charge in [-0.1, -0.05) is 13.3 Å². The van der Waals surface area contributed by atoms with E-state index in [4.69, 9.17) is 5.73 Å². The summed E-state index contributed by atoms with van der Waals surface area (Å²) in [6, 6.07) is -0.246. The van der Waals surface area contributed by atoms with Gasteiger partial charge in [0.1, 0.15) is 0 Å². The highest BCUT2D eigenvalue weighted by Gasteiger charge is 2.25. The van der Waals surface area contributed by atoms with E-state index in [1.807, 2.05) is 18.9 Å². The molecule has 0 spiro atoms. The lowest BCUT2D eigenvalue weighted by molar-refractivity contribution is -0.122. The molecule has 7 nitrogen and oxygen atoms in total. The van der Waals surface area contributed by atoms with Crippen molar-refractivity contribution < 1.29 is 9.59 Å². The molecule has 0 aromatic heterocycles. The fourth-order valence-corrected chi connectivity index (χ4v) is 2.25. The van der Waals surface area contributed by atoms with Crippen molar-refractivity contribution in [2.75, 3.05) is 46.3 Å². The molecular weight excluding hydrogens is 258 g/mol. The molecule has 20 heavy (non-hydrogen) atoms. The molecule has 1 heterocycles. The molecule has 1 atom stereocenters. The maximum atomic E-state index is 11.8. The van der Waals surface area contributed by atoms with E-state index < -0.39 is 6.03 Å². The number of unbranched alkanes of at least 4 members (excludes halogenated alkanes) is 1.